The number of hydrogen-bond donors (Lipinski definition) is 0. The van der Waals surface area contributed by atoms with E-state index in [0.717, 1.165) is 16.4 Å². The average molecular weight is 342 g/mol. The molecule has 1 aromatic carbocycles. The number of hydrogen-bond acceptors (Lipinski definition) is 2. The smallest absolute Gasteiger partial charge is 0.207 e. The van der Waals surface area contributed by atoms with Crippen LogP contribution in [0, 0.1) is 11.6 Å². The molecule has 18 heavy (non-hydrogen) atoms. The van der Waals surface area contributed by atoms with E-state index in [1.54, 1.807) is 13.8 Å². The maximum Gasteiger partial charge on any atom is 0.246 e. The van der Waals surface area contributed by atoms with Gasteiger partial charge in [-0.1, -0.05) is 15.9 Å². The highest BCUT2D eigenvalue weighted by molar-refractivity contribution is 9.09. The monoisotopic (exact) mass is 341 g/mol. The number of nitrogens with zero attached hydrogens (tertiary/aromatic N) is 1. The molecule has 1 aromatic rings. The van der Waals surface area contributed by atoms with Crippen molar-refractivity contribution in [1.29, 1.82) is 0 Å². The van der Waals surface area contributed by atoms with Crippen LogP contribution in [-0.4, -0.2) is 30.6 Å². The zero-order valence-corrected chi connectivity index (χ0v) is 12.6. The molecular weight excluding hydrogens is 328 g/mol. The van der Waals surface area contributed by atoms with E-state index in [1.807, 2.05) is 0 Å². The Morgan fingerprint density at radius 2 is 1.89 bits per heavy atom. The molecule has 0 radical (unpaired) electrons. The number of alkyl halides is 1. The van der Waals surface area contributed by atoms with Crippen LogP contribution in [0.15, 0.2) is 23.1 Å². The van der Waals surface area contributed by atoms with Crippen molar-refractivity contribution in [1.82, 2.24) is 4.31 Å². The number of rotatable bonds is 4. The summed E-state index contributed by atoms with van der Waals surface area (Å²) in [6.45, 7) is 3.35. The first kappa shape index (κ1) is 15.5. The molecule has 0 amide bonds. The minimum absolute atomic E-state index is 0.368. The molecule has 0 saturated heterocycles. The molecule has 7 heteroatoms. The Labute approximate surface area is 114 Å². The number of sulfonamides is 1. The van der Waals surface area contributed by atoms with Gasteiger partial charge in [0.25, 0.3) is 0 Å². The fraction of sp³-hybridized carbons (Fsp3) is 0.455. The lowest BCUT2D eigenvalue weighted by atomic mass is 10.1. The van der Waals surface area contributed by atoms with Crippen molar-refractivity contribution in [3.63, 3.8) is 0 Å². The zero-order chi connectivity index (χ0) is 14.1. The van der Waals surface area contributed by atoms with Crippen molar-refractivity contribution < 1.29 is 17.2 Å². The van der Waals surface area contributed by atoms with Crippen molar-refractivity contribution in [2.75, 3.05) is 12.4 Å². The molecule has 0 aromatic heterocycles. The Morgan fingerprint density at radius 3 is 2.39 bits per heavy atom. The zero-order valence-electron chi connectivity index (χ0n) is 10.2. The molecule has 0 saturated carbocycles. The fourth-order valence-electron chi connectivity index (χ4n) is 1.23. The minimum atomic E-state index is -4.07. The van der Waals surface area contributed by atoms with Gasteiger partial charge in [0.2, 0.25) is 10.0 Å². The van der Waals surface area contributed by atoms with E-state index >= 15 is 0 Å². The molecule has 0 N–H and O–H groups in total. The third-order valence-corrected chi connectivity index (χ3v) is 6.17. The van der Waals surface area contributed by atoms with Gasteiger partial charge in [0.15, 0.2) is 0 Å². The molecule has 0 aliphatic carbocycles. The van der Waals surface area contributed by atoms with Crippen LogP contribution >= 0.6 is 15.9 Å². The molecule has 102 valence electrons. The standard InChI is InChI=1S/C11H14BrF2NO2S/c1-11(2,7-12)15(3)18(16,17)10-6-8(13)4-5-9(10)14/h4-6H,7H2,1-3H3. The summed E-state index contributed by atoms with van der Waals surface area (Å²) >= 11 is 3.20. The van der Waals surface area contributed by atoms with E-state index in [-0.39, 0.29) is 0 Å². The van der Waals surface area contributed by atoms with Crippen LogP contribution in [-0.2, 0) is 10.0 Å². The van der Waals surface area contributed by atoms with Crippen molar-refractivity contribution >= 4 is 26.0 Å². The lowest BCUT2D eigenvalue weighted by molar-refractivity contribution is 0.298. The molecular formula is C11H14BrF2NO2S. The SMILES string of the molecule is CN(C(C)(C)CBr)S(=O)(=O)c1cc(F)ccc1F. The molecule has 0 aliphatic heterocycles. The third kappa shape index (κ3) is 2.89. The molecule has 1 rings (SSSR count). The Bertz CT molecular complexity index is 546. The van der Waals surface area contributed by atoms with Crippen LogP contribution in [0.5, 0.6) is 0 Å². The number of benzene rings is 1. The van der Waals surface area contributed by atoms with Gasteiger partial charge < -0.3 is 0 Å². The second-order valence-corrected chi connectivity index (χ2v) is 6.99. The Kier molecular flexibility index (Phi) is 4.51. The van der Waals surface area contributed by atoms with Gasteiger partial charge in [-0.3, -0.25) is 0 Å². The highest BCUT2D eigenvalue weighted by atomic mass is 79.9. The first-order chi connectivity index (χ1) is 8.13. The Balaban J connectivity index is 3.34. The van der Waals surface area contributed by atoms with E-state index in [0.29, 0.717) is 11.4 Å². The van der Waals surface area contributed by atoms with Crippen LogP contribution in [0.2, 0.25) is 0 Å². The van der Waals surface area contributed by atoms with E-state index in [4.69, 9.17) is 0 Å². The minimum Gasteiger partial charge on any atom is -0.207 e. The summed E-state index contributed by atoms with van der Waals surface area (Å²) in [5.74, 6) is -1.76. The average Bonchev–Trinajstić information content (AvgIpc) is 2.31. The molecule has 0 heterocycles. The topological polar surface area (TPSA) is 37.4 Å². The van der Waals surface area contributed by atoms with Crippen LogP contribution in [0.3, 0.4) is 0 Å². The highest BCUT2D eigenvalue weighted by Gasteiger charge is 2.35. The molecule has 3 nitrogen and oxygen atoms in total. The van der Waals surface area contributed by atoms with Crippen molar-refractivity contribution in [3.8, 4) is 0 Å². The summed E-state index contributed by atoms with van der Waals surface area (Å²) in [5.41, 5.74) is -0.752. The summed E-state index contributed by atoms with van der Waals surface area (Å²) in [4.78, 5) is -0.654. The van der Waals surface area contributed by atoms with Crippen LogP contribution in [0.25, 0.3) is 0 Å². The summed E-state index contributed by atoms with van der Waals surface area (Å²) < 4.78 is 52.0. The fourth-order valence-corrected chi connectivity index (χ4v) is 3.36. The van der Waals surface area contributed by atoms with Gasteiger partial charge in [0.05, 0.1) is 0 Å². The Hall–Kier alpha value is -0.530. The van der Waals surface area contributed by atoms with Crippen LogP contribution in [0.1, 0.15) is 13.8 Å². The van der Waals surface area contributed by atoms with Crippen molar-refractivity contribution in [2.45, 2.75) is 24.3 Å². The van der Waals surface area contributed by atoms with Crippen molar-refractivity contribution in [3.05, 3.63) is 29.8 Å². The predicted molar refractivity (Wildman–Crippen MR) is 69.2 cm³/mol. The summed E-state index contributed by atoms with van der Waals surface area (Å²) in [7, 11) is -2.74. The summed E-state index contributed by atoms with van der Waals surface area (Å²) in [6, 6.07) is 2.37. The molecule has 0 atom stereocenters. The predicted octanol–water partition coefficient (Wildman–Crippen LogP) is 2.76. The van der Waals surface area contributed by atoms with Gasteiger partial charge in [0.1, 0.15) is 16.5 Å². The van der Waals surface area contributed by atoms with E-state index < -0.39 is 32.1 Å². The first-order valence-corrected chi connectivity index (χ1v) is 7.69. The van der Waals surface area contributed by atoms with Gasteiger partial charge in [-0.15, -0.1) is 0 Å². The van der Waals surface area contributed by atoms with Gasteiger partial charge in [-0.05, 0) is 32.0 Å². The van der Waals surface area contributed by atoms with Gasteiger partial charge >= 0.3 is 0 Å². The second kappa shape index (κ2) is 5.22. The lowest BCUT2D eigenvalue weighted by Crippen LogP contribution is -2.46. The molecule has 0 unspecified atom stereocenters. The second-order valence-electron chi connectivity index (χ2n) is 4.49. The largest absolute Gasteiger partial charge is 0.246 e. The lowest BCUT2D eigenvalue weighted by Gasteiger charge is -2.33. The summed E-state index contributed by atoms with van der Waals surface area (Å²) in [5, 5.41) is 0.368. The quantitative estimate of drug-likeness (QED) is 0.789. The van der Waals surface area contributed by atoms with Gasteiger partial charge in [-0.2, -0.15) is 4.31 Å². The van der Waals surface area contributed by atoms with E-state index in [9.17, 15) is 17.2 Å². The van der Waals surface area contributed by atoms with Gasteiger partial charge in [0, 0.05) is 17.9 Å². The summed E-state index contributed by atoms with van der Waals surface area (Å²) in [6.07, 6.45) is 0. The van der Waals surface area contributed by atoms with Gasteiger partial charge in [-0.25, -0.2) is 17.2 Å². The van der Waals surface area contributed by atoms with E-state index in [2.05, 4.69) is 15.9 Å². The first-order valence-electron chi connectivity index (χ1n) is 5.13. The molecule has 0 bridgehead atoms. The Morgan fingerprint density at radius 1 is 1.33 bits per heavy atom. The van der Waals surface area contributed by atoms with E-state index in [1.165, 1.54) is 7.05 Å². The van der Waals surface area contributed by atoms with Crippen molar-refractivity contribution in [2.24, 2.45) is 0 Å². The third-order valence-electron chi connectivity index (χ3n) is 2.71. The maximum absolute atomic E-state index is 13.5. The molecule has 0 fully saturated rings. The number of halogens is 3. The maximum atomic E-state index is 13.5. The molecule has 0 spiro atoms. The normalized spacial score (nSPS) is 13.1. The highest BCUT2D eigenvalue weighted by Crippen LogP contribution is 2.26. The van der Waals surface area contributed by atoms with Crippen LogP contribution < -0.4 is 0 Å². The molecule has 0 aliphatic rings. The van der Waals surface area contributed by atoms with Crippen LogP contribution in [0.4, 0.5) is 8.78 Å².